The summed E-state index contributed by atoms with van der Waals surface area (Å²) >= 11 is 0. The van der Waals surface area contributed by atoms with Gasteiger partial charge in [-0.15, -0.1) is 0 Å². The van der Waals surface area contributed by atoms with Gasteiger partial charge in [0.1, 0.15) is 5.75 Å². The Kier molecular flexibility index (Phi) is 4.24. The molecule has 2 saturated heterocycles. The van der Waals surface area contributed by atoms with Crippen molar-refractivity contribution in [1.82, 2.24) is 9.80 Å². The number of nitrogens with zero attached hydrogens (tertiary/aromatic N) is 2. The third-order valence-electron chi connectivity index (χ3n) is 4.65. The minimum atomic E-state index is 0.0676. The van der Waals surface area contributed by atoms with Crippen molar-refractivity contribution in [3.63, 3.8) is 0 Å². The lowest BCUT2D eigenvalue weighted by molar-refractivity contribution is 0.0998. The summed E-state index contributed by atoms with van der Waals surface area (Å²) in [7, 11) is 1.70. The standard InChI is InChI=1S/C16H25N3O/c1-20-15-6-2-4-13(10-15)16(17)12-18-8-9-19-7-3-5-14(19)11-18/h2,4,6,10,14,16H,3,5,7-9,11-12,17H2,1H3. The number of piperazine rings is 1. The summed E-state index contributed by atoms with van der Waals surface area (Å²) in [5.41, 5.74) is 7.54. The fourth-order valence-corrected chi connectivity index (χ4v) is 3.48. The van der Waals surface area contributed by atoms with Gasteiger partial charge in [-0.1, -0.05) is 12.1 Å². The molecule has 2 fully saturated rings. The van der Waals surface area contributed by atoms with Gasteiger partial charge >= 0.3 is 0 Å². The summed E-state index contributed by atoms with van der Waals surface area (Å²) in [6.45, 7) is 5.76. The van der Waals surface area contributed by atoms with Crippen LogP contribution in [-0.2, 0) is 0 Å². The van der Waals surface area contributed by atoms with E-state index in [-0.39, 0.29) is 6.04 Å². The molecule has 2 unspecified atom stereocenters. The lowest BCUT2D eigenvalue weighted by Crippen LogP contribution is -2.51. The predicted octanol–water partition coefficient (Wildman–Crippen LogP) is 1.47. The van der Waals surface area contributed by atoms with E-state index in [1.807, 2.05) is 12.1 Å². The van der Waals surface area contributed by atoms with E-state index in [0.29, 0.717) is 0 Å². The van der Waals surface area contributed by atoms with Crippen LogP contribution in [0.25, 0.3) is 0 Å². The maximum absolute atomic E-state index is 6.38. The Balaban J connectivity index is 1.59. The molecule has 0 spiro atoms. The number of fused-ring (bicyclic) bond motifs is 1. The molecule has 0 aliphatic carbocycles. The van der Waals surface area contributed by atoms with Crippen LogP contribution in [0.3, 0.4) is 0 Å². The highest BCUT2D eigenvalue weighted by atomic mass is 16.5. The minimum absolute atomic E-state index is 0.0676. The van der Waals surface area contributed by atoms with Gasteiger partial charge in [-0.25, -0.2) is 0 Å². The van der Waals surface area contributed by atoms with Crippen molar-refractivity contribution in [2.75, 3.05) is 39.8 Å². The molecule has 4 nitrogen and oxygen atoms in total. The Bertz CT molecular complexity index is 451. The van der Waals surface area contributed by atoms with E-state index in [4.69, 9.17) is 10.5 Å². The number of methoxy groups -OCH3 is 1. The average Bonchev–Trinajstić information content (AvgIpc) is 2.95. The van der Waals surface area contributed by atoms with Gasteiger partial charge in [-0.05, 0) is 37.1 Å². The summed E-state index contributed by atoms with van der Waals surface area (Å²) in [5.74, 6) is 0.888. The molecule has 2 aliphatic rings. The zero-order valence-corrected chi connectivity index (χ0v) is 12.3. The van der Waals surface area contributed by atoms with Crippen LogP contribution in [0.1, 0.15) is 24.4 Å². The van der Waals surface area contributed by atoms with E-state index in [1.54, 1.807) is 7.11 Å². The topological polar surface area (TPSA) is 41.7 Å². The molecule has 2 atom stereocenters. The van der Waals surface area contributed by atoms with Crippen LogP contribution in [0.15, 0.2) is 24.3 Å². The number of benzene rings is 1. The van der Waals surface area contributed by atoms with Gasteiger partial charge in [0, 0.05) is 38.3 Å². The molecule has 3 rings (SSSR count). The first-order chi connectivity index (χ1) is 9.76. The molecule has 0 saturated carbocycles. The Morgan fingerprint density at radius 3 is 3.10 bits per heavy atom. The number of hydrogen-bond acceptors (Lipinski definition) is 4. The summed E-state index contributed by atoms with van der Waals surface area (Å²) < 4.78 is 5.28. The normalized spacial score (nSPS) is 25.4. The van der Waals surface area contributed by atoms with Crippen LogP contribution in [-0.4, -0.2) is 55.7 Å². The Hall–Kier alpha value is -1.10. The SMILES string of the molecule is COc1cccc(C(N)CN2CCN3CCCC3C2)c1. The molecule has 1 aromatic carbocycles. The lowest BCUT2D eigenvalue weighted by Gasteiger charge is -2.38. The van der Waals surface area contributed by atoms with E-state index in [2.05, 4.69) is 21.9 Å². The highest BCUT2D eigenvalue weighted by molar-refractivity contribution is 5.30. The summed E-state index contributed by atoms with van der Waals surface area (Å²) in [4.78, 5) is 5.16. The van der Waals surface area contributed by atoms with Crippen molar-refractivity contribution in [2.45, 2.75) is 24.9 Å². The molecule has 20 heavy (non-hydrogen) atoms. The summed E-state index contributed by atoms with van der Waals surface area (Å²) in [6.07, 6.45) is 2.71. The van der Waals surface area contributed by atoms with Crippen molar-refractivity contribution >= 4 is 0 Å². The molecule has 0 bridgehead atoms. The van der Waals surface area contributed by atoms with Crippen LogP contribution in [0, 0.1) is 0 Å². The zero-order valence-electron chi connectivity index (χ0n) is 12.3. The number of hydrogen-bond donors (Lipinski definition) is 1. The second-order valence-corrected chi connectivity index (χ2v) is 5.97. The van der Waals surface area contributed by atoms with Gasteiger partial charge in [0.15, 0.2) is 0 Å². The number of nitrogens with two attached hydrogens (primary N) is 1. The molecule has 110 valence electrons. The molecule has 1 aromatic rings. The molecular weight excluding hydrogens is 250 g/mol. The first kappa shape index (κ1) is 13.9. The van der Waals surface area contributed by atoms with E-state index >= 15 is 0 Å². The van der Waals surface area contributed by atoms with Crippen molar-refractivity contribution in [3.05, 3.63) is 29.8 Å². The smallest absolute Gasteiger partial charge is 0.119 e. The first-order valence-corrected chi connectivity index (χ1v) is 7.62. The molecule has 4 heteroatoms. The highest BCUT2D eigenvalue weighted by Gasteiger charge is 2.30. The largest absolute Gasteiger partial charge is 0.497 e. The maximum atomic E-state index is 6.38. The fourth-order valence-electron chi connectivity index (χ4n) is 3.48. The van der Waals surface area contributed by atoms with Crippen LogP contribution in [0.2, 0.25) is 0 Å². The fraction of sp³-hybridized carbons (Fsp3) is 0.625. The maximum Gasteiger partial charge on any atom is 0.119 e. The summed E-state index contributed by atoms with van der Waals surface area (Å²) in [6, 6.07) is 8.96. The summed E-state index contributed by atoms with van der Waals surface area (Å²) in [5, 5.41) is 0. The van der Waals surface area contributed by atoms with Crippen molar-refractivity contribution < 1.29 is 4.74 Å². The van der Waals surface area contributed by atoms with Crippen LogP contribution in [0.4, 0.5) is 0 Å². The highest BCUT2D eigenvalue weighted by Crippen LogP contribution is 2.23. The van der Waals surface area contributed by atoms with Crippen molar-refractivity contribution in [1.29, 1.82) is 0 Å². The van der Waals surface area contributed by atoms with Gasteiger partial charge in [0.25, 0.3) is 0 Å². The quantitative estimate of drug-likeness (QED) is 0.903. The number of rotatable bonds is 4. The first-order valence-electron chi connectivity index (χ1n) is 7.62. The van der Waals surface area contributed by atoms with Gasteiger partial charge in [0.2, 0.25) is 0 Å². The zero-order chi connectivity index (χ0) is 13.9. The Morgan fingerprint density at radius 1 is 1.35 bits per heavy atom. The molecule has 0 amide bonds. The second kappa shape index (κ2) is 6.12. The average molecular weight is 275 g/mol. The minimum Gasteiger partial charge on any atom is -0.497 e. The molecule has 2 aliphatic heterocycles. The van der Waals surface area contributed by atoms with Crippen LogP contribution in [0.5, 0.6) is 5.75 Å². The van der Waals surface area contributed by atoms with Crippen LogP contribution < -0.4 is 10.5 Å². The third-order valence-corrected chi connectivity index (χ3v) is 4.65. The third kappa shape index (κ3) is 2.97. The number of ether oxygens (including phenoxy) is 1. The Morgan fingerprint density at radius 2 is 2.25 bits per heavy atom. The molecular formula is C16H25N3O. The van der Waals surface area contributed by atoms with E-state index in [1.165, 1.54) is 38.0 Å². The second-order valence-electron chi connectivity index (χ2n) is 5.97. The van der Waals surface area contributed by atoms with E-state index < -0.39 is 0 Å². The lowest BCUT2D eigenvalue weighted by atomic mass is 10.1. The molecule has 2 N–H and O–H groups in total. The van der Waals surface area contributed by atoms with Gasteiger partial charge < -0.3 is 10.5 Å². The van der Waals surface area contributed by atoms with E-state index in [0.717, 1.165) is 24.9 Å². The molecule has 2 heterocycles. The van der Waals surface area contributed by atoms with Crippen molar-refractivity contribution in [2.24, 2.45) is 5.73 Å². The van der Waals surface area contributed by atoms with Gasteiger partial charge in [-0.3, -0.25) is 9.80 Å². The predicted molar refractivity (Wildman–Crippen MR) is 81.0 cm³/mol. The van der Waals surface area contributed by atoms with Crippen molar-refractivity contribution in [3.8, 4) is 5.75 Å². The van der Waals surface area contributed by atoms with Gasteiger partial charge in [-0.2, -0.15) is 0 Å². The van der Waals surface area contributed by atoms with Gasteiger partial charge in [0.05, 0.1) is 7.11 Å². The Labute approximate surface area is 121 Å². The van der Waals surface area contributed by atoms with E-state index in [9.17, 15) is 0 Å². The molecule has 0 radical (unpaired) electrons. The monoisotopic (exact) mass is 275 g/mol. The molecule has 0 aromatic heterocycles. The van der Waals surface area contributed by atoms with Crippen LogP contribution >= 0.6 is 0 Å².